The molecule has 0 saturated carbocycles. The molecule has 0 atom stereocenters. The summed E-state index contributed by atoms with van der Waals surface area (Å²) in [6.45, 7) is 7.62. The molecule has 3 aromatic rings. The van der Waals surface area contributed by atoms with Crippen molar-refractivity contribution in [2.75, 3.05) is 39.8 Å². The van der Waals surface area contributed by atoms with Crippen LogP contribution < -0.4 is 10.3 Å². The van der Waals surface area contributed by atoms with Crippen molar-refractivity contribution in [1.82, 2.24) is 29.0 Å². The molecule has 15 heteroatoms. The maximum absolute atomic E-state index is 13.4. The minimum atomic E-state index is -3.75. The lowest BCUT2D eigenvalue weighted by Gasteiger charge is -2.22. The first kappa shape index (κ1) is 34.4. The number of nitrogens with one attached hydrogen (secondary N) is 1. The van der Waals surface area contributed by atoms with Gasteiger partial charge in [0.2, 0.25) is 10.0 Å². The summed E-state index contributed by atoms with van der Waals surface area (Å²) in [5.74, 6) is -1.78. The van der Waals surface area contributed by atoms with Gasteiger partial charge in [-0.25, -0.2) is 23.0 Å². The first-order valence-electron chi connectivity index (χ1n) is 14.4. The average molecular weight is 633 g/mol. The number of sulfonamides is 1. The van der Waals surface area contributed by atoms with Gasteiger partial charge in [-0.2, -0.15) is 9.40 Å². The standard InChI is InChI=1S/C25H36N6O4S.C4H4O4/c1-5-9-20-22-23(30(4)28-20)25(32)27-24(26-22)19-17-18(10-11-21(19)35-16-6-2)36(33,34)29(3)14-15-31-12-7-8-13-31;5-3(6)1-2-4(7)8/h10-11,17H,5-9,12-16H2,1-4H3,(H,26,27,32);1-2H,(H,5,6)(H,7,8). The Hall–Kier alpha value is -4.08. The van der Waals surface area contributed by atoms with Crippen molar-refractivity contribution in [1.29, 1.82) is 0 Å². The zero-order chi connectivity index (χ0) is 32.4. The number of hydrogen-bond donors (Lipinski definition) is 3. The van der Waals surface area contributed by atoms with E-state index in [2.05, 4.69) is 15.0 Å². The first-order valence-corrected chi connectivity index (χ1v) is 15.9. The highest BCUT2D eigenvalue weighted by atomic mass is 32.2. The zero-order valence-electron chi connectivity index (χ0n) is 25.4. The van der Waals surface area contributed by atoms with Crippen molar-refractivity contribution in [2.24, 2.45) is 7.05 Å². The molecule has 1 fully saturated rings. The Morgan fingerprint density at radius 1 is 1.11 bits per heavy atom. The predicted octanol–water partition coefficient (Wildman–Crippen LogP) is 2.49. The van der Waals surface area contributed by atoms with Crippen LogP contribution in [0.4, 0.5) is 0 Å². The summed E-state index contributed by atoms with van der Waals surface area (Å²) in [4.78, 5) is 42.1. The van der Waals surface area contributed by atoms with Crippen molar-refractivity contribution in [2.45, 2.75) is 50.8 Å². The third kappa shape index (κ3) is 8.74. The highest BCUT2D eigenvalue weighted by Gasteiger charge is 2.25. The lowest BCUT2D eigenvalue weighted by molar-refractivity contribution is -0.134. The molecule has 3 heterocycles. The number of likely N-dealkylation sites (N-methyl/N-ethyl adjacent to an activating group) is 1. The molecule has 2 aromatic heterocycles. The molecule has 44 heavy (non-hydrogen) atoms. The van der Waals surface area contributed by atoms with Gasteiger partial charge in [-0.3, -0.25) is 9.48 Å². The molecule has 1 saturated heterocycles. The van der Waals surface area contributed by atoms with Gasteiger partial charge in [0, 0.05) is 39.3 Å². The molecular weight excluding hydrogens is 592 g/mol. The van der Waals surface area contributed by atoms with Gasteiger partial charge in [0.25, 0.3) is 5.56 Å². The fraction of sp³-hybridized carbons (Fsp3) is 0.483. The van der Waals surface area contributed by atoms with Crippen LogP contribution in [0.25, 0.3) is 22.4 Å². The van der Waals surface area contributed by atoms with Crippen LogP contribution in [0.2, 0.25) is 0 Å². The predicted molar refractivity (Wildman–Crippen MR) is 164 cm³/mol. The number of aliphatic carboxylic acids is 2. The van der Waals surface area contributed by atoms with Crippen molar-refractivity contribution in [3.05, 3.63) is 46.4 Å². The minimum absolute atomic E-state index is 0.132. The number of ether oxygens (including phenoxy) is 1. The van der Waals surface area contributed by atoms with Gasteiger partial charge in [0.1, 0.15) is 17.1 Å². The number of H-pyrrole nitrogens is 1. The van der Waals surface area contributed by atoms with Gasteiger partial charge in [-0.05, 0) is 57.0 Å². The second-order valence-corrected chi connectivity index (χ2v) is 12.4. The maximum atomic E-state index is 13.4. The number of benzene rings is 1. The molecule has 0 aliphatic carbocycles. The van der Waals surface area contributed by atoms with Crippen LogP contribution in [-0.2, 0) is 33.1 Å². The van der Waals surface area contributed by atoms with E-state index in [1.165, 1.54) is 4.31 Å². The van der Waals surface area contributed by atoms with E-state index in [1.54, 1.807) is 37.0 Å². The molecule has 3 N–H and O–H groups in total. The van der Waals surface area contributed by atoms with E-state index in [1.807, 2.05) is 13.8 Å². The van der Waals surface area contributed by atoms with Crippen LogP contribution in [0.1, 0.15) is 45.2 Å². The molecule has 1 aliphatic heterocycles. The Bertz CT molecular complexity index is 1640. The monoisotopic (exact) mass is 632 g/mol. The highest BCUT2D eigenvalue weighted by molar-refractivity contribution is 7.89. The van der Waals surface area contributed by atoms with Gasteiger partial charge in [-0.1, -0.05) is 20.3 Å². The average Bonchev–Trinajstić information content (AvgIpc) is 3.62. The Morgan fingerprint density at radius 2 is 1.77 bits per heavy atom. The minimum Gasteiger partial charge on any atom is -0.493 e. The van der Waals surface area contributed by atoms with E-state index in [9.17, 15) is 22.8 Å². The van der Waals surface area contributed by atoms with E-state index in [0.717, 1.165) is 44.5 Å². The van der Waals surface area contributed by atoms with Crippen molar-refractivity contribution >= 4 is 33.0 Å². The first-order chi connectivity index (χ1) is 20.9. The molecule has 0 spiro atoms. The van der Waals surface area contributed by atoms with Gasteiger partial charge < -0.3 is 24.8 Å². The van der Waals surface area contributed by atoms with Crippen LogP contribution in [0, 0.1) is 0 Å². The largest absolute Gasteiger partial charge is 0.493 e. The summed E-state index contributed by atoms with van der Waals surface area (Å²) < 4.78 is 35.7. The number of nitrogens with zero attached hydrogens (tertiary/aromatic N) is 5. The van der Waals surface area contributed by atoms with Crippen LogP contribution in [0.3, 0.4) is 0 Å². The zero-order valence-corrected chi connectivity index (χ0v) is 26.3. The quantitative estimate of drug-likeness (QED) is 0.235. The number of carboxylic acids is 2. The van der Waals surface area contributed by atoms with Gasteiger partial charge in [0.05, 0.1) is 22.8 Å². The van der Waals surface area contributed by atoms with E-state index in [-0.39, 0.29) is 16.3 Å². The molecule has 1 aromatic carbocycles. The van der Waals surface area contributed by atoms with Gasteiger partial charge in [0.15, 0.2) is 5.52 Å². The highest BCUT2D eigenvalue weighted by Crippen LogP contribution is 2.32. The van der Waals surface area contributed by atoms with E-state index < -0.39 is 22.0 Å². The number of fused-ring (bicyclic) bond motifs is 1. The number of hydrogen-bond acceptors (Lipinski definition) is 9. The second kappa shape index (κ2) is 15.6. The molecule has 0 bridgehead atoms. The van der Waals surface area contributed by atoms with Gasteiger partial charge >= 0.3 is 11.9 Å². The van der Waals surface area contributed by atoms with Crippen LogP contribution >= 0.6 is 0 Å². The lowest BCUT2D eigenvalue weighted by Crippen LogP contribution is -2.35. The van der Waals surface area contributed by atoms with Crippen molar-refractivity contribution in [3.63, 3.8) is 0 Å². The Kier molecular flexibility index (Phi) is 12.2. The third-order valence-electron chi connectivity index (χ3n) is 6.92. The second-order valence-electron chi connectivity index (χ2n) is 10.3. The van der Waals surface area contributed by atoms with Crippen molar-refractivity contribution < 1.29 is 33.0 Å². The number of carbonyl (C=O) groups is 2. The number of aromatic nitrogens is 4. The Labute approximate surface area is 256 Å². The van der Waals surface area contributed by atoms with E-state index in [0.29, 0.717) is 60.6 Å². The normalized spacial score (nSPS) is 13.8. The number of aromatic amines is 1. The number of aryl methyl sites for hydroxylation is 2. The topological polar surface area (TPSA) is 188 Å². The van der Waals surface area contributed by atoms with E-state index >= 15 is 0 Å². The van der Waals surface area contributed by atoms with E-state index in [4.69, 9.17) is 19.9 Å². The summed E-state index contributed by atoms with van der Waals surface area (Å²) >= 11 is 0. The number of carboxylic acid groups (broad SMARTS) is 2. The molecule has 4 rings (SSSR count). The molecule has 0 unspecified atom stereocenters. The SMILES string of the molecule is CCCOc1ccc(S(=O)(=O)N(C)CCN2CCCC2)cc1-c1nc2c(CCC)nn(C)c2c(=O)[nH]1.O=C(O)C=CC(=O)O. The van der Waals surface area contributed by atoms with Crippen LogP contribution in [0.5, 0.6) is 5.75 Å². The molecule has 14 nitrogen and oxygen atoms in total. The summed E-state index contributed by atoms with van der Waals surface area (Å²) in [5.41, 5.74) is 1.76. The van der Waals surface area contributed by atoms with Crippen molar-refractivity contribution in [3.8, 4) is 17.1 Å². The fourth-order valence-corrected chi connectivity index (χ4v) is 5.89. The van der Waals surface area contributed by atoms with Gasteiger partial charge in [-0.15, -0.1) is 0 Å². The molecular formula is C29H40N6O8S. The number of likely N-dealkylation sites (tertiary alicyclic amines) is 1. The summed E-state index contributed by atoms with van der Waals surface area (Å²) in [6.07, 6.45) is 5.76. The fourth-order valence-electron chi connectivity index (χ4n) is 4.70. The van der Waals surface area contributed by atoms with Crippen LogP contribution in [-0.4, -0.2) is 99.4 Å². The smallest absolute Gasteiger partial charge is 0.328 e. The lowest BCUT2D eigenvalue weighted by atomic mass is 10.1. The summed E-state index contributed by atoms with van der Waals surface area (Å²) in [5, 5.41) is 20.1. The molecule has 0 radical (unpaired) electrons. The number of rotatable bonds is 13. The molecule has 1 aliphatic rings. The Balaban J connectivity index is 0.000000583. The molecule has 0 amide bonds. The third-order valence-corrected chi connectivity index (χ3v) is 8.78. The summed E-state index contributed by atoms with van der Waals surface area (Å²) in [7, 11) is -0.425. The Morgan fingerprint density at radius 3 is 2.36 bits per heavy atom. The molecule has 240 valence electrons. The summed E-state index contributed by atoms with van der Waals surface area (Å²) in [6, 6.07) is 4.75. The van der Waals surface area contributed by atoms with Crippen LogP contribution in [0.15, 0.2) is 40.0 Å². The maximum Gasteiger partial charge on any atom is 0.328 e.